The molecule has 0 saturated heterocycles. The van der Waals surface area contributed by atoms with Crippen molar-refractivity contribution in [1.82, 2.24) is 0 Å². The van der Waals surface area contributed by atoms with E-state index in [4.69, 9.17) is 4.74 Å². The fourth-order valence-corrected chi connectivity index (χ4v) is 4.08. The van der Waals surface area contributed by atoms with Crippen molar-refractivity contribution in [2.75, 3.05) is 0 Å². The number of rotatable bonds is 12. The molecule has 1 fully saturated rings. The summed E-state index contributed by atoms with van der Waals surface area (Å²) in [5, 5.41) is 31.0. The second-order valence-electron chi connectivity index (χ2n) is 8.73. The first-order chi connectivity index (χ1) is 14.9. The number of benzene rings is 1. The van der Waals surface area contributed by atoms with E-state index < -0.39 is 18.3 Å². The van der Waals surface area contributed by atoms with E-state index in [-0.39, 0.29) is 23.9 Å². The lowest BCUT2D eigenvalue weighted by molar-refractivity contribution is -0.147. The van der Waals surface area contributed by atoms with Crippen molar-refractivity contribution in [3.63, 3.8) is 0 Å². The van der Waals surface area contributed by atoms with Gasteiger partial charge in [-0.05, 0) is 57.4 Å². The molecule has 0 radical (unpaired) electrons. The van der Waals surface area contributed by atoms with Gasteiger partial charge in [0.25, 0.3) is 0 Å². The first kappa shape index (κ1) is 25.3. The van der Waals surface area contributed by atoms with Crippen molar-refractivity contribution in [3.8, 4) is 0 Å². The summed E-state index contributed by atoms with van der Waals surface area (Å²) >= 11 is 0. The SMILES string of the molecule is CC(C)OC(=O)CCC/C=C/CC1C(O)CC(O)C1/C=C/C(O)CCc1ccccc1. The molecular formula is C26H38O5. The van der Waals surface area contributed by atoms with Crippen molar-refractivity contribution in [3.05, 3.63) is 60.2 Å². The second kappa shape index (κ2) is 13.5. The Labute approximate surface area is 186 Å². The highest BCUT2D eigenvalue weighted by Crippen LogP contribution is 2.36. The molecule has 1 saturated carbocycles. The standard InChI is InChI=1S/C26H38O5/c1-19(2)31-26(30)13-9-4-3-8-12-22-23(25(29)18-24(22)28)17-16-21(27)15-14-20-10-6-5-7-11-20/h3,5-8,10-11,16-17,19,21-25,27-29H,4,9,12-15,18H2,1-2H3/b8-3+,17-16+. The molecule has 31 heavy (non-hydrogen) atoms. The number of carbonyl (C=O) groups excluding carboxylic acids is 1. The predicted octanol–water partition coefficient (Wildman–Crippen LogP) is 3.96. The molecule has 0 bridgehead atoms. The molecule has 5 heteroatoms. The third-order valence-corrected chi connectivity index (χ3v) is 5.74. The van der Waals surface area contributed by atoms with Crippen LogP contribution in [0, 0.1) is 11.8 Å². The van der Waals surface area contributed by atoms with E-state index in [0.29, 0.717) is 25.7 Å². The predicted molar refractivity (Wildman–Crippen MR) is 122 cm³/mol. The molecule has 0 heterocycles. The average Bonchev–Trinajstić information content (AvgIpc) is 3.00. The van der Waals surface area contributed by atoms with Gasteiger partial charge >= 0.3 is 5.97 Å². The molecule has 5 atom stereocenters. The number of hydrogen-bond acceptors (Lipinski definition) is 5. The molecule has 2 rings (SSSR count). The lowest BCUT2D eigenvalue weighted by Gasteiger charge is -2.19. The van der Waals surface area contributed by atoms with Crippen molar-refractivity contribution < 1.29 is 24.9 Å². The molecule has 1 aliphatic rings. The highest BCUT2D eigenvalue weighted by Gasteiger charge is 2.39. The first-order valence-electron chi connectivity index (χ1n) is 11.5. The van der Waals surface area contributed by atoms with Crippen molar-refractivity contribution >= 4 is 5.97 Å². The Bertz CT molecular complexity index is 697. The number of aliphatic hydroxyl groups is 3. The van der Waals surface area contributed by atoms with Crippen molar-refractivity contribution in [2.45, 2.75) is 83.2 Å². The first-order valence-corrected chi connectivity index (χ1v) is 11.5. The molecule has 1 aromatic rings. The van der Waals surface area contributed by atoms with E-state index in [0.717, 1.165) is 19.3 Å². The van der Waals surface area contributed by atoms with E-state index in [1.165, 1.54) is 5.56 Å². The summed E-state index contributed by atoms with van der Waals surface area (Å²) in [5.74, 6) is -0.421. The van der Waals surface area contributed by atoms with Crippen molar-refractivity contribution in [1.29, 1.82) is 0 Å². The maximum absolute atomic E-state index is 11.5. The normalized spacial score (nSPS) is 25.0. The van der Waals surface area contributed by atoms with E-state index in [1.54, 1.807) is 6.08 Å². The lowest BCUT2D eigenvalue weighted by Crippen LogP contribution is -2.20. The molecule has 0 amide bonds. The number of carbonyl (C=O) groups is 1. The number of aryl methyl sites for hydroxylation is 1. The highest BCUT2D eigenvalue weighted by molar-refractivity contribution is 5.69. The van der Waals surface area contributed by atoms with E-state index in [9.17, 15) is 20.1 Å². The molecule has 1 aromatic carbocycles. The Morgan fingerprint density at radius 2 is 1.90 bits per heavy atom. The highest BCUT2D eigenvalue weighted by atomic mass is 16.5. The fraction of sp³-hybridized carbons (Fsp3) is 0.577. The summed E-state index contributed by atoms with van der Waals surface area (Å²) < 4.78 is 5.11. The molecular weight excluding hydrogens is 392 g/mol. The van der Waals surface area contributed by atoms with Gasteiger partial charge in [-0.15, -0.1) is 0 Å². The van der Waals surface area contributed by atoms with Gasteiger partial charge in [-0.2, -0.15) is 0 Å². The molecule has 0 aliphatic heterocycles. The minimum absolute atomic E-state index is 0.0743. The molecule has 5 nitrogen and oxygen atoms in total. The third-order valence-electron chi connectivity index (χ3n) is 5.74. The largest absolute Gasteiger partial charge is 0.463 e. The van der Waals surface area contributed by atoms with Crippen LogP contribution in [-0.4, -0.2) is 45.7 Å². The summed E-state index contributed by atoms with van der Waals surface area (Å²) in [7, 11) is 0. The smallest absolute Gasteiger partial charge is 0.306 e. The zero-order chi connectivity index (χ0) is 22.6. The molecule has 0 spiro atoms. The maximum Gasteiger partial charge on any atom is 0.306 e. The summed E-state index contributed by atoms with van der Waals surface area (Å²) in [4.78, 5) is 11.5. The number of esters is 1. The van der Waals surface area contributed by atoms with Crippen LogP contribution in [0.1, 0.15) is 57.9 Å². The topological polar surface area (TPSA) is 87.0 Å². The number of hydrogen-bond donors (Lipinski definition) is 3. The Balaban J connectivity index is 1.77. The van der Waals surface area contributed by atoms with Crippen molar-refractivity contribution in [2.24, 2.45) is 11.8 Å². The minimum Gasteiger partial charge on any atom is -0.463 e. The van der Waals surface area contributed by atoms with Gasteiger partial charge in [0, 0.05) is 18.8 Å². The van der Waals surface area contributed by atoms with Gasteiger partial charge in [0.2, 0.25) is 0 Å². The summed E-state index contributed by atoms with van der Waals surface area (Å²) in [6, 6.07) is 10.0. The average molecular weight is 431 g/mol. The number of unbranched alkanes of at least 4 members (excludes halogenated alkanes) is 1. The van der Waals surface area contributed by atoms with Crippen LogP contribution >= 0.6 is 0 Å². The second-order valence-corrected chi connectivity index (χ2v) is 8.73. The molecule has 0 aromatic heterocycles. The summed E-state index contributed by atoms with van der Waals surface area (Å²) in [6.45, 7) is 3.68. The Morgan fingerprint density at radius 1 is 1.16 bits per heavy atom. The fourth-order valence-electron chi connectivity index (χ4n) is 4.08. The van der Waals surface area contributed by atoms with Crippen LogP contribution in [0.4, 0.5) is 0 Å². The maximum atomic E-state index is 11.5. The minimum atomic E-state index is -0.600. The number of aliphatic hydroxyl groups excluding tert-OH is 3. The summed E-state index contributed by atoms with van der Waals surface area (Å²) in [6.07, 6.45) is 10.2. The van der Waals surface area contributed by atoms with E-state index in [1.807, 2.05) is 62.4 Å². The Hall–Kier alpha value is -1.95. The molecule has 3 N–H and O–H groups in total. The molecule has 1 aliphatic carbocycles. The van der Waals surface area contributed by atoms with Crippen LogP contribution in [0.5, 0.6) is 0 Å². The van der Waals surface area contributed by atoms with Gasteiger partial charge in [0.15, 0.2) is 0 Å². The number of ether oxygens (including phenoxy) is 1. The van der Waals surface area contributed by atoms with Crippen LogP contribution in [-0.2, 0) is 16.0 Å². The molecule has 5 unspecified atom stereocenters. The Morgan fingerprint density at radius 3 is 2.61 bits per heavy atom. The van der Waals surface area contributed by atoms with E-state index in [2.05, 4.69) is 0 Å². The zero-order valence-corrected chi connectivity index (χ0v) is 18.8. The van der Waals surface area contributed by atoms with Crippen LogP contribution in [0.15, 0.2) is 54.6 Å². The van der Waals surface area contributed by atoms with Gasteiger partial charge < -0.3 is 20.1 Å². The monoisotopic (exact) mass is 430 g/mol. The van der Waals surface area contributed by atoms with Crippen LogP contribution in [0.25, 0.3) is 0 Å². The number of allylic oxidation sites excluding steroid dienone is 2. The van der Waals surface area contributed by atoms with Gasteiger partial charge in [0.05, 0.1) is 24.4 Å². The van der Waals surface area contributed by atoms with Gasteiger partial charge in [-0.1, -0.05) is 54.6 Å². The molecule has 172 valence electrons. The van der Waals surface area contributed by atoms with Crippen LogP contribution < -0.4 is 0 Å². The van der Waals surface area contributed by atoms with Crippen LogP contribution in [0.2, 0.25) is 0 Å². The van der Waals surface area contributed by atoms with Crippen LogP contribution in [0.3, 0.4) is 0 Å². The third kappa shape index (κ3) is 9.38. The summed E-state index contributed by atoms with van der Waals surface area (Å²) in [5.41, 5.74) is 1.19. The lowest BCUT2D eigenvalue weighted by atomic mass is 9.89. The quantitative estimate of drug-likeness (QED) is 0.265. The Kier molecular flexibility index (Phi) is 11.0. The van der Waals surface area contributed by atoms with Gasteiger partial charge in [-0.25, -0.2) is 0 Å². The van der Waals surface area contributed by atoms with E-state index >= 15 is 0 Å². The zero-order valence-electron chi connectivity index (χ0n) is 18.8. The van der Waals surface area contributed by atoms with Gasteiger partial charge in [-0.3, -0.25) is 4.79 Å². The van der Waals surface area contributed by atoms with Gasteiger partial charge in [0.1, 0.15) is 0 Å².